The van der Waals surface area contributed by atoms with Crippen LogP contribution >= 0.6 is 35.0 Å². The number of hydrogen-bond donors (Lipinski definition) is 1. The van der Waals surface area contributed by atoms with E-state index in [1.807, 2.05) is 48.5 Å². The Labute approximate surface area is 171 Å². The Morgan fingerprint density at radius 3 is 2.48 bits per heavy atom. The molecule has 5 heteroatoms. The predicted molar refractivity (Wildman–Crippen MR) is 113 cm³/mol. The van der Waals surface area contributed by atoms with Crippen molar-refractivity contribution in [1.82, 2.24) is 0 Å². The molecule has 1 unspecified atom stereocenters. The zero-order chi connectivity index (χ0) is 18.5. The van der Waals surface area contributed by atoms with E-state index in [1.54, 1.807) is 23.9 Å². The van der Waals surface area contributed by atoms with E-state index < -0.39 is 0 Å². The molecule has 1 atom stereocenters. The van der Waals surface area contributed by atoms with Gasteiger partial charge in [-0.3, -0.25) is 4.79 Å². The van der Waals surface area contributed by atoms with Gasteiger partial charge in [-0.05, 0) is 35.9 Å². The standard InChI is InChI=1S/C22H13Cl2NOS/c23-12-9-10-16(24)15(11-12)22-19-20(13-5-1-2-6-14(13)21(19)26)25-17-7-3-4-8-18(17)27-22/h1-11,22,25H. The number of carbonyl (C=O) groups is 1. The molecule has 0 saturated carbocycles. The number of benzene rings is 3. The van der Waals surface area contributed by atoms with Gasteiger partial charge in [-0.1, -0.05) is 59.6 Å². The molecular formula is C22H13Cl2NOS. The number of ketones is 1. The van der Waals surface area contributed by atoms with Crippen molar-refractivity contribution in [2.24, 2.45) is 0 Å². The Bertz CT molecular complexity index is 1140. The van der Waals surface area contributed by atoms with Gasteiger partial charge in [0.25, 0.3) is 0 Å². The lowest BCUT2D eigenvalue weighted by Crippen LogP contribution is -2.08. The number of Topliss-reactive ketones (excluding diaryl/α,β-unsaturated/α-hetero) is 1. The van der Waals surface area contributed by atoms with Crippen molar-refractivity contribution in [3.63, 3.8) is 0 Å². The average Bonchev–Trinajstić information content (AvgIpc) is 2.85. The molecule has 0 radical (unpaired) electrons. The minimum atomic E-state index is -0.248. The van der Waals surface area contributed by atoms with Crippen LogP contribution < -0.4 is 5.32 Å². The molecule has 0 bridgehead atoms. The number of fused-ring (bicyclic) bond motifs is 3. The molecule has 1 aliphatic heterocycles. The van der Waals surface area contributed by atoms with Crippen LogP contribution in [-0.2, 0) is 0 Å². The monoisotopic (exact) mass is 409 g/mol. The molecule has 27 heavy (non-hydrogen) atoms. The van der Waals surface area contributed by atoms with Crippen molar-refractivity contribution in [2.45, 2.75) is 10.1 Å². The van der Waals surface area contributed by atoms with Crippen LogP contribution in [0.15, 0.2) is 77.2 Å². The summed E-state index contributed by atoms with van der Waals surface area (Å²) in [7, 11) is 0. The molecule has 0 fully saturated rings. The van der Waals surface area contributed by atoms with Crippen LogP contribution in [0.4, 0.5) is 5.69 Å². The SMILES string of the molecule is O=C1C2=C(Nc3ccccc3SC2c2cc(Cl)ccc2Cl)c2ccccc21. The maximum absolute atomic E-state index is 13.3. The van der Waals surface area contributed by atoms with E-state index in [0.29, 0.717) is 10.0 Å². The van der Waals surface area contributed by atoms with E-state index in [0.717, 1.165) is 38.5 Å². The summed E-state index contributed by atoms with van der Waals surface area (Å²) >= 11 is 14.4. The molecule has 3 aromatic carbocycles. The zero-order valence-corrected chi connectivity index (χ0v) is 16.3. The van der Waals surface area contributed by atoms with Crippen LogP contribution in [0.5, 0.6) is 0 Å². The summed E-state index contributed by atoms with van der Waals surface area (Å²) in [4.78, 5) is 14.4. The number of rotatable bonds is 1. The number of para-hydroxylation sites is 1. The van der Waals surface area contributed by atoms with Gasteiger partial charge in [-0.25, -0.2) is 0 Å². The normalized spacial score (nSPS) is 17.7. The van der Waals surface area contributed by atoms with E-state index in [9.17, 15) is 4.79 Å². The van der Waals surface area contributed by atoms with Crippen molar-refractivity contribution < 1.29 is 4.79 Å². The lowest BCUT2D eigenvalue weighted by atomic mass is 10.0. The second-order valence-corrected chi connectivity index (χ2v) is 8.44. The summed E-state index contributed by atoms with van der Waals surface area (Å²) in [5.74, 6) is 0.0365. The van der Waals surface area contributed by atoms with Gasteiger partial charge in [0, 0.05) is 31.6 Å². The Morgan fingerprint density at radius 2 is 1.63 bits per heavy atom. The van der Waals surface area contributed by atoms with Gasteiger partial charge in [0.1, 0.15) is 0 Å². The van der Waals surface area contributed by atoms with Gasteiger partial charge in [0.15, 0.2) is 5.78 Å². The fourth-order valence-electron chi connectivity index (χ4n) is 3.62. The van der Waals surface area contributed by atoms with E-state index >= 15 is 0 Å². The van der Waals surface area contributed by atoms with Crippen LogP contribution in [0.1, 0.15) is 26.7 Å². The topological polar surface area (TPSA) is 29.1 Å². The fraction of sp³-hybridized carbons (Fsp3) is 0.0455. The van der Waals surface area contributed by atoms with Crippen molar-refractivity contribution in [2.75, 3.05) is 5.32 Å². The second kappa shape index (κ2) is 6.45. The smallest absolute Gasteiger partial charge is 0.193 e. The molecule has 0 spiro atoms. The zero-order valence-electron chi connectivity index (χ0n) is 14.0. The molecule has 1 heterocycles. The number of halogens is 2. The number of nitrogens with one attached hydrogen (secondary N) is 1. The lowest BCUT2D eigenvalue weighted by molar-refractivity contribution is 0.103. The summed E-state index contributed by atoms with van der Waals surface area (Å²) in [6.45, 7) is 0. The molecule has 1 aliphatic carbocycles. The molecule has 0 aromatic heterocycles. The quantitative estimate of drug-likeness (QED) is 0.475. The molecular weight excluding hydrogens is 397 g/mol. The highest BCUT2D eigenvalue weighted by atomic mass is 35.5. The molecule has 0 amide bonds. The molecule has 1 N–H and O–H groups in total. The minimum Gasteiger partial charge on any atom is -0.354 e. The van der Waals surface area contributed by atoms with E-state index in [2.05, 4.69) is 11.4 Å². The Kier molecular flexibility index (Phi) is 4.05. The van der Waals surface area contributed by atoms with E-state index in [4.69, 9.17) is 23.2 Å². The fourth-order valence-corrected chi connectivity index (χ4v) is 5.41. The maximum atomic E-state index is 13.3. The summed E-state index contributed by atoms with van der Waals surface area (Å²) in [6, 6.07) is 21.2. The number of hydrogen-bond acceptors (Lipinski definition) is 3. The first-order valence-corrected chi connectivity index (χ1v) is 10.1. The third-order valence-corrected chi connectivity index (χ3v) is 6.76. The Hall–Kier alpha value is -2.20. The van der Waals surface area contributed by atoms with E-state index in [-0.39, 0.29) is 11.0 Å². The molecule has 0 saturated heterocycles. The maximum Gasteiger partial charge on any atom is 0.193 e. The summed E-state index contributed by atoms with van der Waals surface area (Å²) in [5, 5.41) is 4.46. The van der Waals surface area contributed by atoms with Gasteiger partial charge in [0.05, 0.1) is 16.6 Å². The van der Waals surface area contributed by atoms with Crippen molar-refractivity contribution in [3.05, 3.63) is 99.0 Å². The number of thioether (sulfide) groups is 1. The Morgan fingerprint density at radius 1 is 0.889 bits per heavy atom. The highest BCUT2D eigenvalue weighted by molar-refractivity contribution is 8.00. The largest absolute Gasteiger partial charge is 0.354 e. The van der Waals surface area contributed by atoms with Crippen molar-refractivity contribution in [3.8, 4) is 0 Å². The van der Waals surface area contributed by atoms with Gasteiger partial charge in [-0.15, -0.1) is 11.8 Å². The second-order valence-electron chi connectivity index (χ2n) is 6.45. The summed E-state index contributed by atoms with van der Waals surface area (Å²) < 4.78 is 0. The van der Waals surface area contributed by atoms with Crippen molar-refractivity contribution in [1.29, 1.82) is 0 Å². The average molecular weight is 410 g/mol. The first-order chi connectivity index (χ1) is 13.1. The van der Waals surface area contributed by atoms with Gasteiger partial charge in [0.2, 0.25) is 0 Å². The summed E-state index contributed by atoms with van der Waals surface area (Å²) in [6.07, 6.45) is 0. The van der Waals surface area contributed by atoms with Crippen LogP contribution in [0.25, 0.3) is 5.70 Å². The number of carbonyl (C=O) groups excluding carboxylic acids is 1. The third-order valence-electron chi connectivity index (χ3n) is 4.85. The van der Waals surface area contributed by atoms with Crippen LogP contribution in [-0.4, -0.2) is 5.78 Å². The molecule has 3 aromatic rings. The van der Waals surface area contributed by atoms with E-state index in [1.165, 1.54) is 0 Å². The molecule has 2 aliphatic rings. The van der Waals surface area contributed by atoms with Crippen molar-refractivity contribution >= 4 is 52.1 Å². The molecule has 2 nitrogen and oxygen atoms in total. The molecule has 5 rings (SSSR count). The van der Waals surface area contributed by atoms with Crippen LogP contribution in [0, 0.1) is 0 Å². The van der Waals surface area contributed by atoms with Gasteiger partial charge >= 0.3 is 0 Å². The molecule has 132 valence electrons. The number of anilines is 1. The van der Waals surface area contributed by atoms with Gasteiger partial charge in [-0.2, -0.15) is 0 Å². The first-order valence-electron chi connectivity index (χ1n) is 8.49. The third kappa shape index (κ3) is 2.69. The first kappa shape index (κ1) is 16.9. The lowest BCUT2D eigenvalue weighted by Gasteiger charge is -2.19. The highest BCUT2D eigenvalue weighted by Gasteiger charge is 2.38. The van der Waals surface area contributed by atoms with Crippen LogP contribution in [0.2, 0.25) is 10.0 Å². The Balaban J connectivity index is 1.78. The highest BCUT2D eigenvalue weighted by Crippen LogP contribution is 2.53. The van der Waals surface area contributed by atoms with Crippen LogP contribution in [0.3, 0.4) is 0 Å². The van der Waals surface area contributed by atoms with Gasteiger partial charge < -0.3 is 5.32 Å². The minimum absolute atomic E-state index is 0.0365. The predicted octanol–water partition coefficient (Wildman–Crippen LogP) is 6.86. The summed E-state index contributed by atoms with van der Waals surface area (Å²) in [5.41, 5.74) is 5.06.